The predicted octanol–water partition coefficient (Wildman–Crippen LogP) is 1.29. The summed E-state index contributed by atoms with van der Waals surface area (Å²) in [6.07, 6.45) is 0. The minimum Gasteiger partial charge on any atom is -0.497 e. The van der Waals surface area contributed by atoms with Crippen molar-refractivity contribution in [3.63, 3.8) is 0 Å². The van der Waals surface area contributed by atoms with E-state index in [2.05, 4.69) is 0 Å². The fraction of sp³-hybridized carbons (Fsp3) is 0.294. The van der Waals surface area contributed by atoms with E-state index in [1.165, 1.54) is 0 Å². The molecule has 2 aromatic rings. The van der Waals surface area contributed by atoms with Crippen molar-refractivity contribution in [2.45, 2.75) is 21.6 Å². The van der Waals surface area contributed by atoms with Gasteiger partial charge in [0, 0.05) is 12.5 Å². The monoisotopic (exact) mass is 332 g/mol. The van der Waals surface area contributed by atoms with Crippen molar-refractivity contribution < 1.29 is 13.2 Å². The first-order chi connectivity index (χ1) is 10.9. The average Bonchev–Trinajstić information content (AvgIpc) is 3.23. The SMILES string of the molecule is COc1ccc([C@@H]2[C@H](S(=O)(=O)c3ccccc3)[C@]2(N)CN)cc1. The summed E-state index contributed by atoms with van der Waals surface area (Å²) in [5.41, 5.74) is 12.1. The summed E-state index contributed by atoms with van der Waals surface area (Å²) in [6.45, 7) is 0.112. The van der Waals surface area contributed by atoms with Crippen molar-refractivity contribution in [1.29, 1.82) is 0 Å². The summed E-state index contributed by atoms with van der Waals surface area (Å²) in [7, 11) is -1.95. The number of methoxy groups -OCH3 is 1. The van der Waals surface area contributed by atoms with Gasteiger partial charge in [0.1, 0.15) is 5.75 Å². The van der Waals surface area contributed by atoms with Gasteiger partial charge in [-0.2, -0.15) is 0 Å². The van der Waals surface area contributed by atoms with E-state index in [9.17, 15) is 8.42 Å². The molecule has 1 saturated carbocycles. The number of sulfone groups is 1. The number of nitrogens with two attached hydrogens (primary N) is 2. The summed E-state index contributed by atoms with van der Waals surface area (Å²) in [5.74, 6) is 0.399. The molecule has 0 amide bonds. The van der Waals surface area contributed by atoms with Crippen molar-refractivity contribution in [3.05, 3.63) is 60.2 Å². The molecule has 6 heteroatoms. The number of rotatable bonds is 5. The van der Waals surface area contributed by atoms with Gasteiger partial charge < -0.3 is 16.2 Å². The Hall–Kier alpha value is -1.89. The van der Waals surface area contributed by atoms with Crippen LogP contribution >= 0.6 is 0 Å². The lowest BCUT2D eigenvalue weighted by molar-refractivity contribution is 0.414. The number of benzene rings is 2. The molecule has 0 heterocycles. The Morgan fingerprint density at radius 1 is 1.09 bits per heavy atom. The largest absolute Gasteiger partial charge is 0.497 e. The first-order valence-electron chi connectivity index (χ1n) is 7.37. The molecule has 3 atom stereocenters. The van der Waals surface area contributed by atoms with E-state index in [-0.39, 0.29) is 17.4 Å². The van der Waals surface area contributed by atoms with Crippen molar-refractivity contribution in [3.8, 4) is 5.75 Å². The van der Waals surface area contributed by atoms with Gasteiger partial charge >= 0.3 is 0 Å². The molecular formula is C17H20N2O3S. The maximum atomic E-state index is 12.9. The third kappa shape index (κ3) is 2.52. The molecule has 2 aromatic carbocycles. The highest BCUT2D eigenvalue weighted by atomic mass is 32.2. The molecule has 0 radical (unpaired) electrons. The Morgan fingerprint density at radius 2 is 1.70 bits per heavy atom. The Bertz CT molecular complexity index is 790. The molecule has 1 aliphatic rings. The van der Waals surface area contributed by atoms with Crippen LogP contribution in [0.5, 0.6) is 5.75 Å². The molecule has 1 aliphatic carbocycles. The van der Waals surface area contributed by atoms with Crippen LogP contribution in [0.1, 0.15) is 11.5 Å². The summed E-state index contributed by atoms with van der Waals surface area (Å²) < 4.78 is 31.0. The smallest absolute Gasteiger partial charge is 0.183 e. The number of ether oxygens (including phenoxy) is 1. The van der Waals surface area contributed by atoms with Crippen LogP contribution in [0.25, 0.3) is 0 Å². The highest BCUT2D eigenvalue weighted by molar-refractivity contribution is 7.92. The molecule has 4 N–H and O–H groups in total. The third-order valence-electron chi connectivity index (χ3n) is 4.54. The lowest BCUT2D eigenvalue weighted by Crippen LogP contribution is -2.39. The summed E-state index contributed by atoms with van der Waals surface area (Å²) >= 11 is 0. The Labute approximate surface area is 136 Å². The Balaban J connectivity index is 1.98. The van der Waals surface area contributed by atoms with Crippen LogP contribution in [0.4, 0.5) is 0 Å². The third-order valence-corrected chi connectivity index (χ3v) is 6.85. The molecule has 1 fully saturated rings. The molecule has 0 spiro atoms. The van der Waals surface area contributed by atoms with Gasteiger partial charge in [-0.05, 0) is 29.8 Å². The van der Waals surface area contributed by atoms with E-state index in [0.717, 1.165) is 5.56 Å². The van der Waals surface area contributed by atoms with Gasteiger partial charge in [0.05, 0.1) is 22.8 Å². The van der Waals surface area contributed by atoms with Gasteiger partial charge in [-0.1, -0.05) is 30.3 Å². The Morgan fingerprint density at radius 3 is 2.22 bits per heavy atom. The van der Waals surface area contributed by atoms with Crippen molar-refractivity contribution in [1.82, 2.24) is 0 Å². The van der Waals surface area contributed by atoms with Gasteiger partial charge in [0.2, 0.25) is 0 Å². The van der Waals surface area contributed by atoms with E-state index < -0.39 is 20.6 Å². The van der Waals surface area contributed by atoms with Crippen molar-refractivity contribution in [2.75, 3.05) is 13.7 Å². The second kappa shape index (κ2) is 5.63. The summed E-state index contributed by atoms with van der Waals surface area (Å²) in [6, 6.07) is 15.7. The highest BCUT2D eigenvalue weighted by Crippen LogP contribution is 2.55. The fourth-order valence-corrected chi connectivity index (χ4v) is 5.53. The molecule has 5 nitrogen and oxygen atoms in total. The van der Waals surface area contributed by atoms with Crippen LogP contribution in [-0.4, -0.2) is 32.9 Å². The zero-order chi connectivity index (χ0) is 16.7. The maximum Gasteiger partial charge on any atom is 0.183 e. The van der Waals surface area contributed by atoms with Crippen LogP contribution in [0.2, 0.25) is 0 Å². The van der Waals surface area contributed by atoms with E-state index in [1.807, 2.05) is 12.1 Å². The molecule has 122 valence electrons. The highest BCUT2D eigenvalue weighted by Gasteiger charge is 2.68. The van der Waals surface area contributed by atoms with Gasteiger partial charge in [0.15, 0.2) is 9.84 Å². The van der Waals surface area contributed by atoms with E-state index >= 15 is 0 Å². The zero-order valence-corrected chi connectivity index (χ0v) is 13.7. The lowest BCUT2D eigenvalue weighted by Gasteiger charge is -2.09. The molecule has 0 aromatic heterocycles. The minimum absolute atomic E-state index is 0.112. The van der Waals surface area contributed by atoms with Crippen molar-refractivity contribution >= 4 is 9.84 Å². The lowest BCUT2D eigenvalue weighted by atomic mass is 10.1. The van der Waals surface area contributed by atoms with Crippen molar-refractivity contribution in [2.24, 2.45) is 11.5 Å². The fourth-order valence-electron chi connectivity index (χ4n) is 3.19. The van der Waals surface area contributed by atoms with Crippen LogP contribution < -0.4 is 16.2 Å². The van der Waals surface area contributed by atoms with Crippen LogP contribution in [0.15, 0.2) is 59.5 Å². The average molecular weight is 332 g/mol. The van der Waals surface area contributed by atoms with Gasteiger partial charge in [0.25, 0.3) is 0 Å². The molecule has 0 saturated heterocycles. The minimum atomic E-state index is -3.53. The van der Waals surface area contributed by atoms with Crippen LogP contribution in [0, 0.1) is 0 Å². The molecule has 0 bridgehead atoms. The second-order valence-electron chi connectivity index (χ2n) is 5.85. The zero-order valence-electron chi connectivity index (χ0n) is 12.8. The molecule has 23 heavy (non-hydrogen) atoms. The summed E-state index contributed by atoms with van der Waals surface area (Å²) in [4.78, 5) is 0.282. The molecular weight excluding hydrogens is 312 g/mol. The van der Waals surface area contributed by atoms with Gasteiger partial charge in [-0.3, -0.25) is 0 Å². The van der Waals surface area contributed by atoms with Crippen LogP contribution in [-0.2, 0) is 9.84 Å². The quantitative estimate of drug-likeness (QED) is 0.860. The summed E-state index contributed by atoms with van der Waals surface area (Å²) in [5, 5.41) is -0.712. The number of hydrogen-bond donors (Lipinski definition) is 2. The van der Waals surface area contributed by atoms with E-state index in [0.29, 0.717) is 5.75 Å². The standard InChI is InChI=1S/C17H20N2O3S/c1-22-13-9-7-12(8-10-13)15-16(17(15,19)11-18)23(20,21)14-5-3-2-4-6-14/h2-10,15-16H,11,18-19H2,1H3/t15-,16+,17+/m1/s1. The van der Waals surface area contributed by atoms with Gasteiger partial charge in [-0.25, -0.2) is 8.42 Å². The second-order valence-corrected chi connectivity index (χ2v) is 7.92. The van der Waals surface area contributed by atoms with Gasteiger partial charge in [-0.15, -0.1) is 0 Å². The van der Waals surface area contributed by atoms with E-state index in [4.69, 9.17) is 16.2 Å². The number of hydrogen-bond acceptors (Lipinski definition) is 5. The molecule has 3 rings (SSSR count). The molecule has 0 aliphatic heterocycles. The van der Waals surface area contributed by atoms with Crippen LogP contribution in [0.3, 0.4) is 0 Å². The first kappa shape index (κ1) is 16.0. The maximum absolute atomic E-state index is 12.9. The predicted molar refractivity (Wildman–Crippen MR) is 89.1 cm³/mol. The van der Waals surface area contributed by atoms with E-state index in [1.54, 1.807) is 49.6 Å². The Kier molecular flexibility index (Phi) is 3.91. The first-order valence-corrected chi connectivity index (χ1v) is 8.91. The normalized spacial score (nSPS) is 26.7. The molecule has 0 unspecified atom stereocenters. The topological polar surface area (TPSA) is 95.4 Å².